The van der Waals surface area contributed by atoms with E-state index in [1.165, 1.54) is 0 Å². The molecule has 1 fully saturated rings. The van der Waals surface area contributed by atoms with Crippen LogP contribution in [0.1, 0.15) is 44.2 Å². The molecule has 214 valence electrons. The zero-order valence-corrected chi connectivity index (χ0v) is 25.2. The summed E-state index contributed by atoms with van der Waals surface area (Å²) in [7, 11) is -2.87. The number of hydroxylamine groups is 2. The van der Waals surface area contributed by atoms with Crippen molar-refractivity contribution < 1.29 is 23.6 Å². The van der Waals surface area contributed by atoms with Crippen LogP contribution in [0, 0.1) is 0 Å². The van der Waals surface area contributed by atoms with Crippen LogP contribution in [-0.2, 0) is 18.8 Å². The van der Waals surface area contributed by atoms with Crippen molar-refractivity contribution in [2.75, 3.05) is 13.2 Å². The van der Waals surface area contributed by atoms with Gasteiger partial charge in [-0.25, -0.2) is 9.59 Å². The molecule has 7 heteroatoms. The van der Waals surface area contributed by atoms with Gasteiger partial charge in [0.2, 0.25) is 0 Å². The molecule has 0 bridgehead atoms. The van der Waals surface area contributed by atoms with Crippen LogP contribution in [0.4, 0.5) is 4.79 Å². The fourth-order valence-electron chi connectivity index (χ4n) is 6.45. The fourth-order valence-corrected chi connectivity index (χ4v) is 11.0. The van der Waals surface area contributed by atoms with Crippen LogP contribution in [0.3, 0.4) is 0 Å². The van der Waals surface area contributed by atoms with Gasteiger partial charge < -0.3 is 14.0 Å². The van der Waals surface area contributed by atoms with Gasteiger partial charge in [0.05, 0.1) is 13.0 Å². The molecular formula is C35H35NO5Si. The topological polar surface area (TPSA) is 65.1 Å². The van der Waals surface area contributed by atoms with Crippen LogP contribution in [0.25, 0.3) is 11.1 Å². The first-order valence-electron chi connectivity index (χ1n) is 14.4. The molecule has 6 rings (SSSR count). The number of nitrogens with zero attached hydrogens (tertiary/aromatic N) is 1. The fraction of sp³-hybridized carbons (Fsp3) is 0.257. The van der Waals surface area contributed by atoms with Crippen molar-refractivity contribution >= 4 is 30.8 Å². The Kier molecular flexibility index (Phi) is 7.47. The number of fused-ring (bicyclic) bond motifs is 3. The highest BCUT2D eigenvalue weighted by Gasteiger charge is 2.51. The summed E-state index contributed by atoms with van der Waals surface area (Å²) in [6, 6.07) is 36.3. The molecule has 1 amide bonds. The molecule has 4 aromatic carbocycles. The lowest BCUT2D eigenvalue weighted by atomic mass is 9.98. The first-order chi connectivity index (χ1) is 20.3. The third-order valence-electron chi connectivity index (χ3n) is 8.36. The van der Waals surface area contributed by atoms with Crippen LogP contribution in [-0.4, -0.2) is 44.7 Å². The van der Waals surface area contributed by atoms with E-state index in [1.807, 2.05) is 60.7 Å². The van der Waals surface area contributed by atoms with Crippen LogP contribution in [0.15, 0.2) is 109 Å². The van der Waals surface area contributed by atoms with Crippen LogP contribution in [0.5, 0.6) is 0 Å². The molecule has 1 aliphatic carbocycles. The molecule has 0 unspecified atom stereocenters. The summed E-state index contributed by atoms with van der Waals surface area (Å²) in [6.07, 6.45) is -0.638. The predicted molar refractivity (Wildman–Crippen MR) is 165 cm³/mol. The quantitative estimate of drug-likeness (QED) is 0.251. The molecule has 42 heavy (non-hydrogen) atoms. The highest BCUT2D eigenvalue weighted by molar-refractivity contribution is 6.99. The van der Waals surface area contributed by atoms with Crippen molar-refractivity contribution in [2.45, 2.75) is 44.2 Å². The molecule has 2 aliphatic rings. The molecule has 6 nitrogen and oxygen atoms in total. The number of hydrogen-bond acceptors (Lipinski definition) is 5. The Morgan fingerprint density at radius 3 is 1.81 bits per heavy atom. The average molecular weight is 578 g/mol. The smallest absolute Gasteiger partial charge is 0.443 e. The Labute approximate surface area is 247 Å². The largest absolute Gasteiger partial charge is 0.446 e. The summed E-state index contributed by atoms with van der Waals surface area (Å²) in [6.45, 7) is 6.86. The van der Waals surface area contributed by atoms with Gasteiger partial charge in [-0.05, 0) is 37.7 Å². The molecule has 0 spiro atoms. The summed E-state index contributed by atoms with van der Waals surface area (Å²) < 4.78 is 12.8. The predicted octanol–water partition coefficient (Wildman–Crippen LogP) is 6.04. The Bertz CT molecular complexity index is 1500. The van der Waals surface area contributed by atoms with Gasteiger partial charge in [-0.15, -0.1) is 5.06 Å². The lowest BCUT2D eigenvalue weighted by Gasteiger charge is -2.43. The Hall–Kier alpha value is -4.20. The van der Waals surface area contributed by atoms with Gasteiger partial charge in [0.15, 0.2) is 0 Å². The van der Waals surface area contributed by atoms with Gasteiger partial charge in [0, 0.05) is 5.92 Å². The molecule has 0 N–H and O–H groups in total. The molecule has 0 aromatic heterocycles. The van der Waals surface area contributed by atoms with Crippen molar-refractivity contribution in [3.8, 4) is 11.1 Å². The monoisotopic (exact) mass is 577 g/mol. The Morgan fingerprint density at radius 2 is 1.29 bits per heavy atom. The molecule has 1 heterocycles. The van der Waals surface area contributed by atoms with Crippen molar-refractivity contribution in [1.29, 1.82) is 0 Å². The minimum absolute atomic E-state index is 0.0440. The van der Waals surface area contributed by atoms with Gasteiger partial charge in [0.25, 0.3) is 8.32 Å². The lowest BCUT2D eigenvalue weighted by molar-refractivity contribution is -0.168. The third-order valence-corrected chi connectivity index (χ3v) is 13.4. The second kappa shape index (κ2) is 11.2. The van der Waals surface area contributed by atoms with E-state index >= 15 is 0 Å². The normalized spacial score (nSPS) is 16.6. The van der Waals surface area contributed by atoms with E-state index in [9.17, 15) is 9.59 Å². The SMILES string of the molecule is CC(C)(C)[Si](OC[C@@H]1CC(=O)ON1C(=O)OCC1c2ccccc2-c2ccccc21)(c1ccccc1)c1ccccc1. The third kappa shape index (κ3) is 4.93. The number of carbonyl (C=O) groups is 2. The first-order valence-corrected chi connectivity index (χ1v) is 16.3. The van der Waals surface area contributed by atoms with Crippen molar-refractivity contribution in [1.82, 2.24) is 5.06 Å². The maximum absolute atomic E-state index is 13.4. The first kappa shape index (κ1) is 27.9. The van der Waals surface area contributed by atoms with Gasteiger partial charge in [-0.2, -0.15) is 0 Å². The Balaban J connectivity index is 1.23. The van der Waals surface area contributed by atoms with Crippen LogP contribution in [0.2, 0.25) is 5.04 Å². The minimum Gasteiger partial charge on any atom is -0.446 e. The van der Waals surface area contributed by atoms with E-state index in [4.69, 9.17) is 14.0 Å². The number of rotatable bonds is 7. The van der Waals surface area contributed by atoms with Crippen LogP contribution >= 0.6 is 0 Å². The molecule has 1 saturated heterocycles. The van der Waals surface area contributed by atoms with Crippen molar-refractivity contribution in [3.63, 3.8) is 0 Å². The second-order valence-corrected chi connectivity index (χ2v) is 16.2. The number of ether oxygens (including phenoxy) is 1. The van der Waals surface area contributed by atoms with Gasteiger partial charge in [0.1, 0.15) is 12.6 Å². The number of amides is 1. The molecule has 0 radical (unpaired) electrons. The van der Waals surface area contributed by atoms with E-state index in [1.54, 1.807) is 0 Å². The highest BCUT2D eigenvalue weighted by Crippen LogP contribution is 2.44. The van der Waals surface area contributed by atoms with Gasteiger partial charge >= 0.3 is 12.1 Å². The molecular weight excluding hydrogens is 542 g/mol. The van der Waals surface area contributed by atoms with E-state index in [0.717, 1.165) is 37.7 Å². The van der Waals surface area contributed by atoms with E-state index in [2.05, 4.69) is 69.3 Å². The second-order valence-electron chi connectivity index (χ2n) is 11.9. The van der Waals surface area contributed by atoms with E-state index in [-0.39, 0.29) is 30.6 Å². The maximum atomic E-state index is 13.4. The van der Waals surface area contributed by atoms with E-state index in [0.29, 0.717) is 0 Å². The summed E-state index contributed by atoms with van der Waals surface area (Å²) in [5.74, 6) is -0.564. The number of benzene rings is 4. The standard InChI is InChI=1S/C35H35NO5Si/c1-35(2,3)42(26-14-6-4-7-15-26,27-16-8-5-9-17-27)40-23-25-22-33(37)41-36(25)34(38)39-24-32-30-20-12-10-18-28(30)29-19-11-13-21-31(29)32/h4-21,25,32H,22-24H2,1-3H3/t25-/m0/s1. The van der Waals surface area contributed by atoms with Gasteiger partial charge in [-0.1, -0.05) is 130 Å². The summed E-state index contributed by atoms with van der Waals surface area (Å²) in [5, 5.41) is 3.09. The molecule has 1 atom stereocenters. The number of carbonyl (C=O) groups excluding carboxylic acids is 2. The van der Waals surface area contributed by atoms with Crippen molar-refractivity contribution in [3.05, 3.63) is 120 Å². The molecule has 4 aromatic rings. The molecule has 0 saturated carbocycles. The number of hydrogen-bond donors (Lipinski definition) is 0. The lowest BCUT2D eigenvalue weighted by Crippen LogP contribution is -2.67. The summed E-state index contributed by atoms with van der Waals surface area (Å²) in [5.41, 5.74) is 4.55. The molecule has 1 aliphatic heterocycles. The highest BCUT2D eigenvalue weighted by atomic mass is 28.4. The zero-order chi connectivity index (χ0) is 29.3. The zero-order valence-electron chi connectivity index (χ0n) is 24.2. The maximum Gasteiger partial charge on any atom is 0.443 e. The summed E-state index contributed by atoms with van der Waals surface area (Å²) in [4.78, 5) is 31.3. The van der Waals surface area contributed by atoms with Gasteiger partial charge in [-0.3, -0.25) is 0 Å². The summed E-state index contributed by atoms with van der Waals surface area (Å²) >= 11 is 0. The average Bonchev–Trinajstić information content (AvgIpc) is 3.54. The van der Waals surface area contributed by atoms with E-state index < -0.39 is 26.4 Å². The Morgan fingerprint density at radius 1 is 0.786 bits per heavy atom. The van der Waals surface area contributed by atoms with Crippen molar-refractivity contribution in [2.24, 2.45) is 0 Å². The van der Waals surface area contributed by atoms with Crippen LogP contribution < -0.4 is 10.4 Å². The minimum atomic E-state index is -2.87.